The van der Waals surface area contributed by atoms with Crippen molar-refractivity contribution < 1.29 is 9.47 Å². The monoisotopic (exact) mass is 206 g/mol. The highest BCUT2D eigenvalue weighted by atomic mass is 16.6. The van der Waals surface area contributed by atoms with E-state index in [1.807, 2.05) is 0 Å². The first kappa shape index (κ1) is 10.7. The topological polar surface area (TPSA) is 25.1 Å². The van der Waals surface area contributed by atoms with Crippen LogP contribution < -0.4 is 0 Å². The predicted molar refractivity (Wildman–Crippen MR) is 60.1 cm³/mol. The average Bonchev–Trinajstić information content (AvgIpc) is 3.01. The van der Waals surface area contributed by atoms with E-state index in [-0.39, 0.29) is 7.43 Å². The summed E-state index contributed by atoms with van der Waals surface area (Å²) in [5.41, 5.74) is 2.87. The van der Waals surface area contributed by atoms with E-state index in [1.54, 1.807) is 0 Å². The largest absolute Gasteiger partial charge is 0.373 e. The number of rotatable bonds is 4. The zero-order chi connectivity index (χ0) is 9.38. The molecule has 2 saturated heterocycles. The molecule has 2 fully saturated rings. The first-order chi connectivity index (χ1) is 6.92. The third kappa shape index (κ3) is 2.80. The van der Waals surface area contributed by atoms with Crippen molar-refractivity contribution in [2.45, 2.75) is 32.5 Å². The van der Waals surface area contributed by atoms with E-state index in [4.69, 9.17) is 9.47 Å². The summed E-state index contributed by atoms with van der Waals surface area (Å²) in [7, 11) is 0. The van der Waals surface area contributed by atoms with Crippen molar-refractivity contribution in [3.8, 4) is 0 Å². The van der Waals surface area contributed by atoms with Gasteiger partial charge in [-0.15, -0.1) is 0 Å². The van der Waals surface area contributed by atoms with E-state index in [9.17, 15) is 0 Å². The Morgan fingerprint density at radius 2 is 1.33 bits per heavy atom. The minimum Gasteiger partial charge on any atom is -0.373 e. The lowest BCUT2D eigenvalue weighted by Gasteiger charge is -2.06. The Balaban J connectivity index is 0.000000853. The lowest BCUT2D eigenvalue weighted by molar-refractivity contribution is 0.401. The van der Waals surface area contributed by atoms with Crippen LogP contribution in [0.4, 0.5) is 0 Å². The SMILES string of the molecule is C.c1ccc(CC2CO2)c(CC2CO2)c1. The van der Waals surface area contributed by atoms with Crippen molar-refractivity contribution in [1.29, 1.82) is 0 Å². The minimum atomic E-state index is 0. The summed E-state index contributed by atoms with van der Waals surface area (Å²) in [6.07, 6.45) is 3.11. The van der Waals surface area contributed by atoms with Gasteiger partial charge in [0.15, 0.2) is 0 Å². The highest BCUT2D eigenvalue weighted by Crippen LogP contribution is 2.23. The maximum atomic E-state index is 5.26. The van der Waals surface area contributed by atoms with Gasteiger partial charge >= 0.3 is 0 Å². The molecule has 2 aliphatic rings. The highest BCUT2D eigenvalue weighted by Gasteiger charge is 2.26. The summed E-state index contributed by atoms with van der Waals surface area (Å²) in [6, 6.07) is 8.63. The molecule has 2 aliphatic heterocycles. The van der Waals surface area contributed by atoms with Gasteiger partial charge in [-0.1, -0.05) is 31.7 Å². The Kier molecular flexibility index (Phi) is 3.08. The maximum Gasteiger partial charge on any atom is 0.0850 e. The molecule has 0 radical (unpaired) electrons. The van der Waals surface area contributed by atoms with E-state index < -0.39 is 0 Å². The Labute approximate surface area is 91.2 Å². The molecule has 2 atom stereocenters. The molecule has 0 spiro atoms. The van der Waals surface area contributed by atoms with Gasteiger partial charge in [-0.2, -0.15) is 0 Å². The molecule has 1 aromatic carbocycles. The number of hydrogen-bond donors (Lipinski definition) is 0. The number of epoxide rings is 2. The van der Waals surface area contributed by atoms with E-state index in [2.05, 4.69) is 24.3 Å². The molecule has 2 heteroatoms. The lowest BCUT2D eigenvalue weighted by atomic mass is 9.99. The highest BCUT2D eigenvalue weighted by molar-refractivity contribution is 5.29. The quantitative estimate of drug-likeness (QED) is 0.706. The molecule has 1 aromatic rings. The third-order valence-electron chi connectivity index (χ3n) is 2.82. The van der Waals surface area contributed by atoms with Gasteiger partial charge in [0.1, 0.15) is 0 Å². The van der Waals surface area contributed by atoms with Crippen LogP contribution in [0.25, 0.3) is 0 Å². The fraction of sp³-hybridized carbons (Fsp3) is 0.538. The Hall–Kier alpha value is -0.860. The molecule has 0 saturated carbocycles. The van der Waals surface area contributed by atoms with Crippen LogP contribution in [0.2, 0.25) is 0 Å². The van der Waals surface area contributed by atoms with E-state index in [0.29, 0.717) is 12.2 Å². The summed E-state index contributed by atoms with van der Waals surface area (Å²) in [4.78, 5) is 0. The molecule has 2 heterocycles. The summed E-state index contributed by atoms with van der Waals surface area (Å²) in [5.74, 6) is 0. The Morgan fingerprint density at radius 1 is 0.933 bits per heavy atom. The minimum absolute atomic E-state index is 0. The molecular formula is C13H18O2. The number of hydrogen-bond acceptors (Lipinski definition) is 2. The van der Waals surface area contributed by atoms with Crippen molar-refractivity contribution in [2.75, 3.05) is 13.2 Å². The van der Waals surface area contributed by atoms with Crippen LogP contribution in [0.5, 0.6) is 0 Å². The van der Waals surface area contributed by atoms with Crippen molar-refractivity contribution in [1.82, 2.24) is 0 Å². The van der Waals surface area contributed by atoms with E-state index in [0.717, 1.165) is 26.1 Å². The van der Waals surface area contributed by atoms with Gasteiger partial charge in [0.25, 0.3) is 0 Å². The Morgan fingerprint density at radius 3 is 1.67 bits per heavy atom. The fourth-order valence-corrected chi connectivity index (χ4v) is 1.82. The number of benzene rings is 1. The summed E-state index contributed by atoms with van der Waals surface area (Å²) >= 11 is 0. The van der Waals surface area contributed by atoms with Gasteiger partial charge in [0.2, 0.25) is 0 Å². The van der Waals surface area contributed by atoms with Crippen LogP contribution in [0, 0.1) is 0 Å². The van der Waals surface area contributed by atoms with Crippen molar-refractivity contribution in [2.24, 2.45) is 0 Å². The van der Waals surface area contributed by atoms with Crippen LogP contribution >= 0.6 is 0 Å². The molecule has 0 bridgehead atoms. The van der Waals surface area contributed by atoms with Crippen LogP contribution in [0.1, 0.15) is 18.6 Å². The van der Waals surface area contributed by atoms with Crippen molar-refractivity contribution in [3.05, 3.63) is 35.4 Å². The summed E-state index contributed by atoms with van der Waals surface area (Å²) < 4.78 is 10.5. The molecule has 2 unspecified atom stereocenters. The molecule has 0 aliphatic carbocycles. The Bertz CT molecular complexity index is 294. The second kappa shape index (κ2) is 4.33. The first-order valence-electron chi connectivity index (χ1n) is 5.22. The number of ether oxygens (including phenoxy) is 2. The molecule has 0 N–H and O–H groups in total. The average molecular weight is 206 g/mol. The molecule has 0 amide bonds. The summed E-state index contributed by atoms with van der Waals surface area (Å²) in [5, 5.41) is 0. The zero-order valence-corrected chi connectivity index (χ0v) is 8.11. The molecule has 82 valence electrons. The smallest absolute Gasteiger partial charge is 0.0850 e. The second-order valence-electron chi connectivity index (χ2n) is 4.09. The van der Waals surface area contributed by atoms with Gasteiger partial charge in [-0.3, -0.25) is 0 Å². The normalized spacial score (nSPS) is 26.9. The van der Waals surface area contributed by atoms with Gasteiger partial charge in [-0.25, -0.2) is 0 Å². The molecule has 0 aromatic heterocycles. The fourth-order valence-electron chi connectivity index (χ4n) is 1.82. The molecule has 2 nitrogen and oxygen atoms in total. The maximum absolute atomic E-state index is 5.26. The van der Waals surface area contributed by atoms with Gasteiger partial charge in [0.05, 0.1) is 25.4 Å². The van der Waals surface area contributed by atoms with Crippen LogP contribution in [0.3, 0.4) is 0 Å². The van der Waals surface area contributed by atoms with Crippen LogP contribution in [-0.2, 0) is 22.3 Å². The standard InChI is InChI=1S/C12H14O2.CH4/c1-2-4-10(6-12-8-14-12)9(3-1)5-11-7-13-11;/h1-4,11-12H,5-8H2;1H4. The first-order valence-corrected chi connectivity index (χ1v) is 5.22. The van der Waals surface area contributed by atoms with Crippen molar-refractivity contribution >= 4 is 0 Å². The van der Waals surface area contributed by atoms with Gasteiger partial charge < -0.3 is 9.47 Å². The second-order valence-corrected chi connectivity index (χ2v) is 4.09. The third-order valence-corrected chi connectivity index (χ3v) is 2.82. The van der Waals surface area contributed by atoms with Crippen molar-refractivity contribution in [3.63, 3.8) is 0 Å². The van der Waals surface area contributed by atoms with E-state index >= 15 is 0 Å². The molecule has 15 heavy (non-hydrogen) atoms. The van der Waals surface area contributed by atoms with E-state index in [1.165, 1.54) is 11.1 Å². The van der Waals surface area contributed by atoms with Crippen LogP contribution in [0.15, 0.2) is 24.3 Å². The molecule has 3 rings (SSSR count). The summed E-state index contributed by atoms with van der Waals surface area (Å²) in [6.45, 7) is 1.88. The molecular weight excluding hydrogens is 188 g/mol. The van der Waals surface area contributed by atoms with Gasteiger partial charge in [0, 0.05) is 12.8 Å². The van der Waals surface area contributed by atoms with Crippen LogP contribution in [-0.4, -0.2) is 25.4 Å². The zero-order valence-electron chi connectivity index (χ0n) is 8.11. The van der Waals surface area contributed by atoms with Gasteiger partial charge in [-0.05, 0) is 11.1 Å². The predicted octanol–water partition coefficient (Wildman–Crippen LogP) is 2.21. The lowest BCUT2D eigenvalue weighted by Crippen LogP contribution is -2.01.